The van der Waals surface area contributed by atoms with Gasteiger partial charge in [-0.15, -0.1) is 0 Å². The number of carbonyl (C=O) groups is 1. The van der Waals surface area contributed by atoms with E-state index in [0.717, 1.165) is 0 Å². The third-order valence-electron chi connectivity index (χ3n) is 2.33. The summed E-state index contributed by atoms with van der Waals surface area (Å²) in [7, 11) is 0. The van der Waals surface area contributed by atoms with Gasteiger partial charge in [0.05, 0.1) is 5.69 Å². The summed E-state index contributed by atoms with van der Waals surface area (Å²) in [6.07, 6.45) is 0. The highest BCUT2D eigenvalue weighted by atomic mass is 35.5. The molecule has 0 aromatic carbocycles. The molecule has 0 fully saturated rings. The molecule has 0 aliphatic heterocycles. The summed E-state index contributed by atoms with van der Waals surface area (Å²) in [4.78, 5) is 19.8. The molecule has 0 radical (unpaired) electrons. The molecule has 0 saturated heterocycles. The zero-order valence-corrected chi connectivity index (χ0v) is 12.0. The minimum absolute atomic E-state index is 0.125. The second-order valence-electron chi connectivity index (χ2n) is 3.73. The van der Waals surface area contributed by atoms with E-state index in [9.17, 15) is 4.79 Å². The second kappa shape index (κ2) is 5.74. The van der Waals surface area contributed by atoms with Gasteiger partial charge in [-0.2, -0.15) is 0 Å². The highest BCUT2D eigenvalue weighted by molar-refractivity contribution is 6.35. The van der Waals surface area contributed by atoms with Gasteiger partial charge >= 0.3 is 0 Å². The topological polar surface area (TPSA) is 54.9 Å². The van der Waals surface area contributed by atoms with E-state index in [0.29, 0.717) is 11.3 Å². The first-order valence-electron chi connectivity index (χ1n) is 5.24. The van der Waals surface area contributed by atoms with Crippen molar-refractivity contribution in [3.8, 4) is 0 Å². The molecule has 0 bridgehead atoms. The van der Waals surface area contributed by atoms with Crippen LogP contribution < -0.4 is 5.32 Å². The van der Waals surface area contributed by atoms with Gasteiger partial charge in [0.1, 0.15) is 16.0 Å². The number of rotatable bonds is 2. The van der Waals surface area contributed by atoms with Crippen LogP contribution in [0.15, 0.2) is 24.3 Å². The number of hydrogen-bond acceptors (Lipinski definition) is 3. The fourth-order valence-electron chi connectivity index (χ4n) is 1.46. The van der Waals surface area contributed by atoms with Crippen molar-refractivity contribution in [2.45, 2.75) is 6.92 Å². The highest BCUT2D eigenvalue weighted by Gasteiger charge is 2.13. The number of hydrogen-bond donors (Lipinski definition) is 1. The maximum Gasteiger partial charge on any atom is 0.274 e. The van der Waals surface area contributed by atoms with Crippen LogP contribution in [-0.2, 0) is 0 Å². The van der Waals surface area contributed by atoms with Gasteiger partial charge in [-0.1, -0.05) is 40.9 Å². The zero-order valence-electron chi connectivity index (χ0n) is 9.75. The highest BCUT2D eigenvalue weighted by Crippen LogP contribution is 2.26. The van der Waals surface area contributed by atoms with Gasteiger partial charge < -0.3 is 5.32 Å². The molecule has 98 valence electrons. The minimum Gasteiger partial charge on any atom is -0.318 e. The van der Waals surface area contributed by atoms with E-state index in [2.05, 4.69) is 15.3 Å². The number of aryl methyl sites for hydroxylation is 1. The first-order valence-corrected chi connectivity index (χ1v) is 6.37. The number of nitrogens with zero attached hydrogens (tertiary/aromatic N) is 2. The van der Waals surface area contributed by atoms with Crippen LogP contribution in [-0.4, -0.2) is 15.9 Å². The van der Waals surface area contributed by atoms with Crippen LogP contribution >= 0.6 is 34.8 Å². The predicted octanol–water partition coefficient (Wildman–Crippen LogP) is 4.00. The lowest BCUT2D eigenvalue weighted by Gasteiger charge is -2.09. The minimum atomic E-state index is -0.420. The zero-order chi connectivity index (χ0) is 14.0. The molecule has 2 aromatic rings. The number of nitrogens with one attached hydrogen (secondary N) is 1. The molecule has 0 aliphatic rings. The Bertz CT molecular complexity index is 623. The van der Waals surface area contributed by atoms with E-state index in [1.165, 1.54) is 0 Å². The van der Waals surface area contributed by atoms with Gasteiger partial charge in [-0.25, -0.2) is 9.97 Å². The Hall–Kier alpha value is -1.36. The number of halogens is 3. The van der Waals surface area contributed by atoms with Crippen LogP contribution in [0.3, 0.4) is 0 Å². The molecule has 2 heterocycles. The maximum absolute atomic E-state index is 12.0. The van der Waals surface area contributed by atoms with Crippen molar-refractivity contribution in [3.63, 3.8) is 0 Å². The molecule has 2 aromatic heterocycles. The fourth-order valence-corrected chi connectivity index (χ4v) is 2.20. The predicted molar refractivity (Wildman–Crippen MR) is 76.2 cm³/mol. The maximum atomic E-state index is 12.0. The number of pyridine rings is 2. The SMILES string of the molecule is Cc1cc(Cl)nc(Cl)c1NC(=O)c1cccc(Cl)n1. The van der Waals surface area contributed by atoms with E-state index in [1.807, 2.05) is 0 Å². The number of aromatic nitrogens is 2. The van der Waals surface area contributed by atoms with E-state index in [1.54, 1.807) is 31.2 Å². The van der Waals surface area contributed by atoms with Crippen molar-refractivity contribution in [2.24, 2.45) is 0 Å². The number of amides is 1. The summed E-state index contributed by atoms with van der Waals surface area (Å²) in [5.41, 5.74) is 1.30. The molecule has 0 saturated carbocycles. The third-order valence-corrected chi connectivity index (χ3v) is 3.01. The summed E-state index contributed by atoms with van der Waals surface area (Å²) in [5, 5.41) is 3.27. The molecule has 0 aliphatic carbocycles. The average Bonchev–Trinajstić information content (AvgIpc) is 2.33. The van der Waals surface area contributed by atoms with E-state index in [4.69, 9.17) is 34.8 Å². The van der Waals surface area contributed by atoms with Crippen molar-refractivity contribution >= 4 is 46.4 Å². The molecular weight excluding hydrogens is 309 g/mol. The Morgan fingerprint density at radius 2 is 1.89 bits per heavy atom. The van der Waals surface area contributed by atoms with Crippen LogP contribution in [0.25, 0.3) is 0 Å². The van der Waals surface area contributed by atoms with E-state index in [-0.39, 0.29) is 21.2 Å². The first kappa shape index (κ1) is 14.1. The Balaban J connectivity index is 2.29. The van der Waals surface area contributed by atoms with Gasteiger partial charge in [0, 0.05) is 0 Å². The van der Waals surface area contributed by atoms with Crippen LogP contribution in [0.2, 0.25) is 15.5 Å². The van der Waals surface area contributed by atoms with Crippen LogP contribution in [0.1, 0.15) is 16.1 Å². The number of anilines is 1. The monoisotopic (exact) mass is 315 g/mol. The summed E-state index contributed by atoms with van der Waals surface area (Å²) in [6.45, 7) is 1.76. The summed E-state index contributed by atoms with van der Waals surface area (Å²) >= 11 is 17.4. The quantitative estimate of drug-likeness (QED) is 0.852. The van der Waals surface area contributed by atoms with E-state index < -0.39 is 5.91 Å². The molecular formula is C12H8Cl3N3O. The summed E-state index contributed by atoms with van der Waals surface area (Å²) < 4.78 is 0. The lowest BCUT2D eigenvalue weighted by Crippen LogP contribution is -2.15. The molecule has 1 N–H and O–H groups in total. The van der Waals surface area contributed by atoms with Crippen LogP contribution in [0, 0.1) is 6.92 Å². The van der Waals surface area contributed by atoms with Crippen LogP contribution in [0.4, 0.5) is 5.69 Å². The first-order chi connectivity index (χ1) is 8.97. The molecule has 0 unspecified atom stereocenters. The van der Waals surface area contributed by atoms with Gasteiger partial charge in [0.25, 0.3) is 5.91 Å². The van der Waals surface area contributed by atoms with Crippen molar-refractivity contribution in [3.05, 3.63) is 51.0 Å². The standard InChI is InChI=1S/C12H8Cl3N3O/c1-6-5-9(14)17-11(15)10(6)18-12(19)7-3-2-4-8(13)16-7/h2-5H,1H3,(H,18,19). The lowest BCUT2D eigenvalue weighted by molar-refractivity contribution is 0.102. The number of carbonyl (C=O) groups excluding carboxylic acids is 1. The summed E-state index contributed by atoms with van der Waals surface area (Å²) in [6, 6.07) is 6.38. The molecule has 7 heteroatoms. The van der Waals surface area contributed by atoms with Crippen LogP contribution in [0.5, 0.6) is 0 Å². The van der Waals surface area contributed by atoms with Crippen molar-refractivity contribution in [2.75, 3.05) is 5.32 Å². The van der Waals surface area contributed by atoms with Gasteiger partial charge in [-0.05, 0) is 30.7 Å². The normalized spacial score (nSPS) is 10.3. The largest absolute Gasteiger partial charge is 0.318 e. The Kier molecular flexibility index (Phi) is 4.24. The third kappa shape index (κ3) is 3.35. The molecule has 2 rings (SSSR count). The van der Waals surface area contributed by atoms with Gasteiger partial charge in [-0.3, -0.25) is 4.79 Å². The fraction of sp³-hybridized carbons (Fsp3) is 0.0833. The Morgan fingerprint density at radius 1 is 1.16 bits per heavy atom. The molecule has 19 heavy (non-hydrogen) atoms. The van der Waals surface area contributed by atoms with Gasteiger partial charge in [0.15, 0.2) is 5.15 Å². The van der Waals surface area contributed by atoms with E-state index >= 15 is 0 Å². The average molecular weight is 317 g/mol. The molecule has 0 atom stereocenters. The second-order valence-corrected chi connectivity index (χ2v) is 4.86. The smallest absolute Gasteiger partial charge is 0.274 e. The Morgan fingerprint density at radius 3 is 2.53 bits per heavy atom. The van der Waals surface area contributed by atoms with Gasteiger partial charge in [0.2, 0.25) is 0 Å². The summed E-state index contributed by atoms with van der Waals surface area (Å²) in [5.74, 6) is -0.420. The van der Waals surface area contributed by atoms with Crippen molar-refractivity contribution in [1.29, 1.82) is 0 Å². The Labute approximate surface area is 124 Å². The van der Waals surface area contributed by atoms with Crippen molar-refractivity contribution in [1.82, 2.24) is 9.97 Å². The molecule has 0 spiro atoms. The lowest BCUT2D eigenvalue weighted by atomic mass is 10.2. The molecule has 4 nitrogen and oxygen atoms in total. The van der Waals surface area contributed by atoms with Crippen molar-refractivity contribution < 1.29 is 4.79 Å². The molecule has 1 amide bonds.